The lowest BCUT2D eigenvalue weighted by Crippen LogP contribution is -2.45. The maximum Gasteiger partial charge on any atom is 0.239 e. The summed E-state index contributed by atoms with van der Waals surface area (Å²) in [4.78, 5) is 13.3. The van der Waals surface area contributed by atoms with E-state index in [1.165, 1.54) is 0 Å². The zero-order valence-corrected chi connectivity index (χ0v) is 9.33. The largest absolute Gasteiger partial charge is 0.389 e. The van der Waals surface area contributed by atoms with Crippen LogP contribution in [0.2, 0.25) is 0 Å². The zero-order valence-electron chi connectivity index (χ0n) is 9.33. The number of hydrogen-bond acceptors (Lipinski definition) is 3. The molecule has 1 unspecified atom stereocenters. The molecule has 1 saturated carbocycles. The number of aliphatic hydroxyl groups is 1. The second kappa shape index (κ2) is 4.10. The Balaban J connectivity index is 1.80. The third-order valence-electron chi connectivity index (χ3n) is 3.64. The maximum absolute atomic E-state index is 11.6. The first kappa shape index (κ1) is 10.9. The van der Waals surface area contributed by atoms with Crippen LogP contribution in [-0.2, 0) is 4.79 Å². The molecule has 0 bridgehead atoms. The van der Waals surface area contributed by atoms with E-state index in [2.05, 4.69) is 5.32 Å². The lowest BCUT2D eigenvalue weighted by Gasteiger charge is -2.24. The van der Waals surface area contributed by atoms with Gasteiger partial charge in [-0.25, -0.2) is 0 Å². The fourth-order valence-corrected chi connectivity index (χ4v) is 2.53. The van der Waals surface area contributed by atoms with E-state index < -0.39 is 5.60 Å². The standard InChI is InChI=1S/C11H20N2O2/c1-13-7-4-9(10(13)14)12-8-11(15)5-2-3-6-11/h9,12,15H,2-8H2,1H3. The number of hydrogen-bond donors (Lipinski definition) is 2. The van der Waals surface area contributed by atoms with Crippen LogP contribution in [0.25, 0.3) is 0 Å². The first-order chi connectivity index (χ1) is 7.11. The summed E-state index contributed by atoms with van der Waals surface area (Å²) in [5, 5.41) is 13.3. The normalized spacial score (nSPS) is 30.1. The first-order valence-electron chi connectivity index (χ1n) is 5.81. The van der Waals surface area contributed by atoms with E-state index in [1.54, 1.807) is 4.90 Å². The van der Waals surface area contributed by atoms with E-state index in [-0.39, 0.29) is 11.9 Å². The van der Waals surface area contributed by atoms with E-state index >= 15 is 0 Å². The maximum atomic E-state index is 11.6. The summed E-state index contributed by atoms with van der Waals surface area (Å²) in [6.07, 6.45) is 4.83. The molecule has 1 atom stereocenters. The molecular weight excluding hydrogens is 192 g/mol. The first-order valence-corrected chi connectivity index (χ1v) is 5.81. The van der Waals surface area contributed by atoms with Crippen molar-refractivity contribution in [3.05, 3.63) is 0 Å². The molecule has 0 aromatic heterocycles. The van der Waals surface area contributed by atoms with Crippen molar-refractivity contribution >= 4 is 5.91 Å². The highest BCUT2D eigenvalue weighted by Crippen LogP contribution is 2.28. The van der Waals surface area contributed by atoms with Crippen molar-refractivity contribution in [2.45, 2.75) is 43.7 Å². The van der Waals surface area contributed by atoms with Crippen LogP contribution < -0.4 is 5.32 Å². The van der Waals surface area contributed by atoms with Gasteiger partial charge in [0.2, 0.25) is 5.91 Å². The van der Waals surface area contributed by atoms with E-state index in [1.807, 2.05) is 7.05 Å². The molecule has 1 amide bonds. The molecular formula is C11H20N2O2. The molecule has 4 heteroatoms. The predicted molar refractivity (Wildman–Crippen MR) is 57.5 cm³/mol. The van der Waals surface area contributed by atoms with Crippen LogP contribution in [0.3, 0.4) is 0 Å². The number of amides is 1. The third-order valence-corrected chi connectivity index (χ3v) is 3.64. The van der Waals surface area contributed by atoms with Crippen molar-refractivity contribution in [3.63, 3.8) is 0 Å². The minimum atomic E-state index is -0.554. The molecule has 15 heavy (non-hydrogen) atoms. The Kier molecular flexibility index (Phi) is 2.98. The third kappa shape index (κ3) is 2.32. The Morgan fingerprint density at radius 2 is 2.20 bits per heavy atom. The van der Waals surface area contributed by atoms with Crippen LogP contribution in [0.5, 0.6) is 0 Å². The Bertz CT molecular complexity index is 249. The number of carbonyl (C=O) groups is 1. The van der Waals surface area contributed by atoms with Crippen molar-refractivity contribution < 1.29 is 9.90 Å². The summed E-state index contributed by atoms with van der Waals surface area (Å²) in [5.74, 6) is 0.164. The molecule has 4 nitrogen and oxygen atoms in total. The van der Waals surface area contributed by atoms with Crippen molar-refractivity contribution in [3.8, 4) is 0 Å². The summed E-state index contributed by atoms with van der Waals surface area (Å²) >= 11 is 0. The zero-order chi connectivity index (χ0) is 10.9. The van der Waals surface area contributed by atoms with Gasteiger partial charge >= 0.3 is 0 Å². The molecule has 0 radical (unpaired) electrons. The summed E-state index contributed by atoms with van der Waals surface area (Å²) in [6.45, 7) is 1.40. The lowest BCUT2D eigenvalue weighted by molar-refractivity contribution is -0.128. The summed E-state index contributed by atoms with van der Waals surface area (Å²) in [7, 11) is 1.83. The Hall–Kier alpha value is -0.610. The summed E-state index contributed by atoms with van der Waals surface area (Å²) < 4.78 is 0. The molecule has 1 saturated heterocycles. The number of nitrogens with zero attached hydrogens (tertiary/aromatic N) is 1. The number of rotatable bonds is 3. The number of carbonyl (C=O) groups excluding carboxylic acids is 1. The van der Waals surface area contributed by atoms with Gasteiger partial charge in [0.15, 0.2) is 0 Å². The van der Waals surface area contributed by atoms with Crippen LogP contribution in [-0.4, -0.2) is 47.7 Å². The number of nitrogens with one attached hydrogen (secondary N) is 1. The second-order valence-electron chi connectivity index (χ2n) is 4.91. The van der Waals surface area contributed by atoms with Gasteiger partial charge in [0.25, 0.3) is 0 Å². The quantitative estimate of drug-likeness (QED) is 0.698. The SMILES string of the molecule is CN1CCC(NCC2(O)CCCC2)C1=O. The van der Waals surface area contributed by atoms with Crippen LogP contribution in [0.1, 0.15) is 32.1 Å². The van der Waals surface area contributed by atoms with Crippen molar-refractivity contribution in [1.29, 1.82) is 0 Å². The van der Waals surface area contributed by atoms with Gasteiger partial charge in [-0.2, -0.15) is 0 Å². The van der Waals surface area contributed by atoms with Gasteiger partial charge in [0.05, 0.1) is 11.6 Å². The molecule has 1 heterocycles. The van der Waals surface area contributed by atoms with Crippen molar-refractivity contribution in [2.75, 3.05) is 20.1 Å². The Morgan fingerprint density at radius 1 is 1.53 bits per heavy atom. The molecule has 0 spiro atoms. The highest BCUT2D eigenvalue weighted by molar-refractivity contribution is 5.83. The van der Waals surface area contributed by atoms with Crippen LogP contribution in [0.15, 0.2) is 0 Å². The Labute approximate surface area is 90.6 Å². The highest BCUT2D eigenvalue weighted by Gasteiger charge is 2.34. The smallest absolute Gasteiger partial charge is 0.239 e. The topological polar surface area (TPSA) is 52.6 Å². The van der Waals surface area contributed by atoms with E-state index in [0.717, 1.165) is 38.6 Å². The average Bonchev–Trinajstić information content (AvgIpc) is 2.75. The summed E-state index contributed by atoms with van der Waals surface area (Å²) in [6, 6.07) is -0.0698. The fraction of sp³-hybridized carbons (Fsp3) is 0.909. The predicted octanol–water partition coefficient (Wildman–Crippen LogP) is 0.112. The minimum absolute atomic E-state index is 0.0698. The summed E-state index contributed by atoms with van der Waals surface area (Å²) in [5.41, 5.74) is -0.554. The van der Waals surface area contributed by atoms with E-state index in [9.17, 15) is 9.90 Å². The number of likely N-dealkylation sites (N-methyl/N-ethyl adjacent to an activating group) is 1. The minimum Gasteiger partial charge on any atom is -0.389 e. The molecule has 0 aromatic rings. The van der Waals surface area contributed by atoms with Gasteiger partial charge in [-0.3, -0.25) is 4.79 Å². The van der Waals surface area contributed by atoms with Crippen molar-refractivity contribution in [2.24, 2.45) is 0 Å². The molecule has 2 aliphatic rings. The lowest BCUT2D eigenvalue weighted by atomic mass is 10.0. The van der Waals surface area contributed by atoms with Gasteiger partial charge in [0.1, 0.15) is 0 Å². The highest BCUT2D eigenvalue weighted by atomic mass is 16.3. The second-order valence-corrected chi connectivity index (χ2v) is 4.91. The molecule has 86 valence electrons. The van der Waals surface area contributed by atoms with Gasteiger partial charge in [-0.05, 0) is 19.3 Å². The number of likely N-dealkylation sites (tertiary alicyclic amines) is 1. The van der Waals surface area contributed by atoms with Gasteiger partial charge in [-0.1, -0.05) is 12.8 Å². The average molecular weight is 212 g/mol. The molecule has 0 aromatic carbocycles. The van der Waals surface area contributed by atoms with Crippen LogP contribution in [0.4, 0.5) is 0 Å². The molecule has 1 aliphatic carbocycles. The monoisotopic (exact) mass is 212 g/mol. The van der Waals surface area contributed by atoms with E-state index in [0.29, 0.717) is 6.54 Å². The molecule has 2 rings (SSSR count). The Morgan fingerprint density at radius 3 is 2.73 bits per heavy atom. The van der Waals surface area contributed by atoms with Gasteiger partial charge in [0, 0.05) is 20.1 Å². The molecule has 2 fully saturated rings. The van der Waals surface area contributed by atoms with Crippen LogP contribution in [0, 0.1) is 0 Å². The van der Waals surface area contributed by atoms with E-state index in [4.69, 9.17) is 0 Å². The van der Waals surface area contributed by atoms with Gasteiger partial charge < -0.3 is 15.3 Å². The molecule has 2 N–H and O–H groups in total. The van der Waals surface area contributed by atoms with Gasteiger partial charge in [-0.15, -0.1) is 0 Å². The fourth-order valence-electron chi connectivity index (χ4n) is 2.53. The molecule has 1 aliphatic heterocycles. The van der Waals surface area contributed by atoms with Crippen molar-refractivity contribution in [1.82, 2.24) is 10.2 Å². The van der Waals surface area contributed by atoms with Crippen LogP contribution >= 0.6 is 0 Å².